The minimum Gasteiger partial charge on any atom is -0.415 e. The van der Waals surface area contributed by atoms with Crippen molar-refractivity contribution in [3.8, 4) is 0 Å². The summed E-state index contributed by atoms with van der Waals surface area (Å²) in [7, 11) is -1.78. The summed E-state index contributed by atoms with van der Waals surface area (Å²) in [4.78, 5) is 13.9. The second-order valence-electron chi connectivity index (χ2n) is 7.30. The topological polar surface area (TPSA) is 41.6 Å². The van der Waals surface area contributed by atoms with Gasteiger partial charge in [-0.2, -0.15) is 0 Å². The van der Waals surface area contributed by atoms with E-state index >= 15 is 0 Å². The molecule has 122 valence electrons. The van der Waals surface area contributed by atoms with E-state index < -0.39 is 8.32 Å². The van der Waals surface area contributed by atoms with E-state index in [9.17, 15) is 4.79 Å². The van der Waals surface area contributed by atoms with Gasteiger partial charge in [-0.25, -0.2) is 4.79 Å². The normalized spacial score (nSPS) is 19.5. The van der Waals surface area contributed by atoms with E-state index in [0.717, 1.165) is 10.2 Å². The highest BCUT2D eigenvalue weighted by Gasteiger charge is 2.39. The Hall–Kier alpha value is -0.853. The van der Waals surface area contributed by atoms with Gasteiger partial charge in [-0.1, -0.05) is 36.7 Å². The van der Waals surface area contributed by atoms with Crippen LogP contribution in [0.15, 0.2) is 28.7 Å². The fourth-order valence-corrected chi connectivity index (χ4v) is 3.38. The molecule has 1 aromatic rings. The lowest BCUT2D eigenvalue weighted by Gasteiger charge is -2.36. The predicted molar refractivity (Wildman–Crippen MR) is 97.0 cm³/mol. The quantitative estimate of drug-likeness (QED) is 0.782. The standard InChI is InChI=1S/C16H25BrN2O2Si/c1-16(2,3)22(4,5)21-11-13-10-19(15(20)18-13)14-8-6-12(17)7-9-14/h6-9,13H,10-11H2,1-5H3,(H,18,20)/t13-/m1/s1. The van der Waals surface area contributed by atoms with Crippen molar-refractivity contribution in [1.82, 2.24) is 5.32 Å². The Balaban J connectivity index is 1.97. The van der Waals surface area contributed by atoms with Gasteiger partial charge in [0.25, 0.3) is 0 Å². The number of hydrogen-bond acceptors (Lipinski definition) is 2. The maximum atomic E-state index is 12.2. The third kappa shape index (κ3) is 3.91. The van der Waals surface area contributed by atoms with Crippen molar-refractivity contribution in [2.75, 3.05) is 18.1 Å². The zero-order valence-corrected chi connectivity index (χ0v) is 16.5. The number of halogens is 1. The van der Waals surface area contributed by atoms with Crippen molar-refractivity contribution >= 4 is 36.0 Å². The zero-order valence-electron chi connectivity index (χ0n) is 13.9. The fraction of sp³-hybridized carbons (Fsp3) is 0.562. The summed E-state index contributed by atoms with van der Waals surface area (Å²) in [5.41, 5.74) is 0.913. The van der Waals surface area contributed by atoms with Crippen LogP contribution < -0.4 is 10.2 Å². The van der Waals surface area contributed by atoms with Crippen LogP contribution in [0.4, 0.5) is 10.5 Å². The van der Waals surface area contributed by atoms with Gasteiger partial charge >= 0.3 is 6.03 Å². The molecule has 1 aliphatic rings. The summed E-state index contributed by atoms with van der Waals surface area (Å²) in [6, 6.07) is 7.78. The van der Waals surface area contributed by atoms with Gasteiger partial charge in [0, 0.05) is 10.2 Å². The molecule has 0 aromatic heterocycles. The Bertz CT molecular complexity index is 540. The van der Waals surface area contributed by atoms with E-state index in [-0.39, 0.29) is 17.1 Å². The molecule has 1 aliphatic heterocycles. The lowest BCUT2D eigenvalue weighted by molar-refractivity contribution is 0.239. The summed E-state index contributed by atoms with van der Waals surface area (Å²) >= 11 is 3.41. The first kappa shape index (κ1) is 17.5. The van der Waals surface area contributed by atoms with E-state index in [1.54, 1.807) is 4.90 Å². The molecular formula is C16H25BrN2O2Si. The highest BCUT2D eigenvalue weighted by Crippen LogP contribution is 2.36. The number of nitrogens with zero attached hydrogens (tertiary/aromatic N) is 1. The Morgan fingerprint density at radius 2 is 1.91 bits per heavy atom. The van der Waals surface area contributed by atoms with Crippen LogP contribution in [-0.4, -0.2) is 33.5 Å². The zero-order chi connectivity index (χ0) is 16.5. The molecule has 0 aliphatic carbocycles. The van der Waals surface area contributed by atoms with Gasteiger partial charge in [0.05, 0.1) is 19.2 Å². The number of amides is 2. The average molecular weight is 385 g/mol. The molecule has 6 heteroatoms. The number of benzene rings is 1. The Morgan fingerprint density at radius 3 is 2.45 bits per heavy atom. The summed E-state index contributed by atoms with van der Waals surface area (Å²) in [6.07, 6.45) is 0. The van der Waals surface area contributed by atoms with E-state index in [0.29, 0.717) is 13.2 Å². The molecule has 2 rings (SSSR count). The van der Waals surface area contributed by atoms with Crippen molar-refractivity contribution in [2.45, 2.75) is 44.9 Å². The van der Waals surface area contributed by atoms with Crippen LogP contribution in [0.2, 0.25) is 18.1 Å². The van der Waals surface area contributed by atoms with Gasteiger partial charge in [0.1, 0.15) is 0 Å². The smallest absolute Gasteiger partial charge is 0.322 e. The molecule has 0 spiro atoms. The molecule has 1 fully saturated rings. The summed E-state index contributed by atoms with van der Waals surface area (Å²) in [6.45, 7) is 12.4. The molecule has 0 radical (unpaired) electrons. The Kier molecular flexibility index (Phi) is 5.04. The van der Waals surface area contributed by atoms with Crippen LogP contribution >= 0.6 is 15.9 Å². The molecule has 4 nitrogen and oxygen atoms in total. The van der Waals surface area contributed by atoms with Crippen LogP contribution in [0.3, 0.4) is 0 Å². The molecule has 22 heavy (non-hydrogen) atoms. The van der Waals surface area contributed by atoms with Crippen molar-refractivity contribution < 1.29 is 9.22 Å². The predicted octanol–water partition coefficient (Wildman–Crippen LogP) is 4.37. The molecule has 2 amide bonds. The molecule has 0 unspecified atom stereocenters. The van der Waals surface area contributed by atoms with Crippen LogP contribution in [0.1, 0.15) is 20.8 Å². The maximum absolute atomic E-state index is 12.2. The molecule has 1 aromatic carbocycles. The first-order chi connectivity index (χ1) is 10.1. The van der Waals surface area contributed by atoms with Crippen molar-refractivity contribution in [3.63, 3.8) is 0 Å². The Labute approximate surface area is 142 Å². The first-order valence-electron chi connectivity index (χ1n) is 7.58. The highest BCUT2D eigenvalue weighted by molar-refractivity contribution is 9.10. The number of urea groups is 1. The SMILES string of the molecule is CC(C)(C)[Si](C)(C)OC[C@H]1CN(c2ccc(Br)cc2)C(=O)N1. The lowest BCUT2D eigenvalue weighted by atomic mass is 10.2. The number of anilines is 1. The number of hydrogen-bond donors (Lipinski definition) is 1. The van der Waals surface area contributed by atoms with E-state index in [4.69, 9.17) is 4.43 Å². The minimum absolute atomic E-state index is 0.0465. The molecule has 1 atom stereocenters. The third-order valence-corrected chi connectivity index (χ3v) is 9.59. The first-order valence-corrected chi connectivity index (χ1v) is 11.3. The summed E-state index contributed by atoms with van der Waals surface area (Å²) in [5, 5.41) is 3.20. The number of carbonyl (C=O) groups is 1. The van der Waals surface area contributed by atoms with Crippen LogP contribution in [0.25, 0.3) is 0 Å². The molecule has 0 bridgehead atoms. The van der Waals surface area contributed by atoms with Crippen LogP contribution in [0.5, 0.6) is 0 Å². The lowest BCUT2D eigenvalue weighted by Crippen LogP contribution is -2.44. The van der Waals surface area contributed by atoms with Crippen molar-refractivity contribution in [2.24, 2.45) is 0 Å². The second-order valence-corrected chi connectivity index (χ2v) is 13.0. The molecule has 0 saturated carbocycles. The van der Waals surface area contributed by atoms with E-state index in [1.165, 1.54) is 0 Å². The minimum atomic E-state index is -1.78. The number of carbonyl (C=O) groups excluding carboxylic acids is 1. The van der Waals surface area contributed by atoms with Crippen LogP contribution in [-0.2, 0) is 4.43 Å². The van der Waals surface area contributed by atoms with Crippen molar-refractivity contribution in [3.05, 3.63) is 28.7 Å². The van der Waals surface area contributed by atoms with Crippen molar-refractivity contribution in [1.29, 1.82) is 0 Å². The molecular weight excluding hydrogens is 360 g/mol. The summed E-state index contributed by atoms with van der Waals surface area (Å²) < 4.78 is 7.23. The molecule has 1 heterocycles. The third-order valence-electron chi connectivity index (χ3n) is 4.57. The average Bonchev–Trinajstić information content (AvgIpc) is 2.77. The largest absolute Gasteiger partial charge is 0.415 e. The number of nitrogens with one attached hydrogen (secondary N) is 1. The second kappa shape index (κ2) is 6.33. The molecule has 1 saturated heterocycles. The van der Waals surface area contributed by atoms with Gasteiger partial charge in [-0.05, 0) is 42.4 Å². The number of rotatable bonds is 4. The Morgan fingerprint density at radius 1 is 1.32 bits per heavy atom. The van der Waals surface area contributed by atoms with E-state index in [1.807, 2.05) is 24.3 Å². The van der Waals surface area contributed by atoms with Gasteiger partial charge in [0.15, 0.2) is 8.32 Å². The van der Waals surface area contributed by atoms with Gasteiger partial charge in [-0.15, -0.1) is 0 Å². The molecule has 1 N–H and O–H groups in total. The van der Waals surface area contributed by atoms with Gasteiger partial charge in [0.2, 0.25) is 0 Å². The van der Waals surface area contributed by atoms with Gasteiger partial charge < -0.3 is 9.74 Å². The summed E-state index contributed by atoms with van der Waals surface area (Å²) in [5.74, 6) is 0. The fourth-order valence-electron chi connectivity index (χ4n) is 2.06. The van der Waals surface area contributed by atoms with Gasteiger partial charge in [-0.3, -0.25) is 4.90 Å². The monoisotopic (exact) mass is 384 g/mol. The highest BCUT2D eigenvalue weighted by atomic mass is 79.9. The maximum Gasteiger partial charge on any atom is 0.322 e. The van der Waals surface area contributed by atoms with E-state index in [2.05, 4.69) is 55.1 Å². The van der Waals surface area contributed by atoms with Crippen LogP contribution in [0, 0.1) is 0 Å².